The van der Waals surface area contributed by atoms with Crippen molar-refractivity contribution in [2.75, 3.05) is 26.2 Å². The van der Waals surface area contributed by atoms with Crippen LogP contribution < -0.4 is 10.1 Å². The van der Waals surface area contributed by atoms with Crippen LogP contribution in [-0.2, 0) is 19.5 Å². The van der Waals surface area contributed by atoms with Crippen LogP contribution in [0.5, 0.6) is 5.75 Å². The molecule has 0 amide bonds. The van der Waals surface area contributed by atoms with Crippen LogP contribution in [0.15, 0.2) is 48.5 Å². The second kappa shape index (κ2) is 8.99. The molecular formula is C21H28N2O2. The van der Waals surface area contributed by atoms with Crippen molar-refractivity contribution in [2.24, 2.45) is 0 Å². The number of β-amino-alcohol motifs (C(OH)–C–C–N with tert-alkyl or cyclic N) is 1. The molecule has 2 N–H and O–H groups in total. The van der Waals surface area contributed by atoms with E-state index in [1.165, 1.54) is 16.7 Å². The molecule has 2 aromatic rings. The summed E-state index contributed by atoms with van der Waals surface area (Å²) in [5.41, 5.74) is 4.03. The summed E-state index contributed by atoms with van der Waals surface area (Å²) in [6, 6.07) is 16.7. The van der Waals surface area contributed by atoms with Crippen molar-refractivity contribution in [1.29, 1.82) is 0 Å². The fourth-order valence-corrected chi connectivity index (χ4v) is 3.33. The monoisotopic (exact) mass is 340 g/mol. The quantitative estimate of drug-likeness (QED) is 0.775. The third-order valence-electron chi connectivity index (χ3n) is 4.62. The summed E-state index contributed by atoms with van der Waals surface area (Å²) in [7, 11) is 0. The van der Waals surface area contributed by atoms with Crippen LogP contribution >= 0.6 is 0 Å². The molecule has 134 valence electrons. The van der Waals surface area contributed by atoms with Gasteiger partial charge in [0.15, 0.2) is 0 Å². The van der Waals surface area contributed by atoms with Crippen LogP contribution in [0, 0.1) is 0 Å². The third kappa shape index (κ3) is 5.30. The van der Waals surface area contributed by atoms with E-state index in [0.29, 0.717) is 19.7 Å². The van der Waals surface area contributed by atoms with Gasteiger partial charge < -0.3 is 15.2 Å². The molecule has 0 saturated heterocycles. The van der Waals surface area contributed by atoms with Crippen LogP contribution in [0.2, 0.25) is 0 Å². The van der Waals surface area contributed by atoms with Gasteiger partial charge in [0, 0.05) is 32.7 Å². The van der Waals surface area contributed by atoms with Gasteiger partial charge in [-0.15, -0.1) is 0 Å². The Morgan fingerprint density at radius 2 is 1.88 bits per heavy atom. The number of ether oxygens (including phenoxy) is 1. The summed E-state index contributed by atoms with van der Waals surface area (Å²) in [6.07, 6.45) is 0.718. The number of hydrogen-bond acceptors (Lipinski definition) is 4. The fourth-order valence-electron chi connectivity index (χ4n) is 3.33. The van der Waals surface area contributed by atoms with Gasteiger partial charge in [0.05, 0.1) is 12.7 Å². The minimum absolute atomic E-state index is 0.354. The first-order valence-corrected chi connectivity index (χ1v) is 9.14. The second-order valence-corrected chi connectivity index (χ2v) is 6.62. The number of rotatable bonds is 8. The van der Waals surface area contributed by atoms with Crippen molar-refractivity contribution in [1.82, 2.24) is 10.2 Å². The Labute approximate surface area is 150 Å². The molecule has 0 radical (unpaired) electrons. The summed E-state index contributed by atoms with van der Waals surface area (Å²) in [5, 5.41) is 13.7. The predicted octanol–water partition coefficient (Wildman–Crippen LogP) is 2.59. The maximum absolute atomic E-state index is 10.3. The molecule has 2 aromatic carbocycles. The van der Waals surface area contributed by atoms with Crippen LogP contribution in [0.4, 0.5) is 0 Å². The van der Waals surface area contributed by atoms with Gasteiger partial charge in [0.2, 0.25) is 0 Å². The molecule has 0 bridgehead atoms. The van der Waals surface area contributed by atoms with E-state index >= 15 is 0 Å². The van der Waals surface area contributed by atoms with Gasteiger partial charge >= 0.3 is 0 Å². The molecule has 1 aliphatic rings. The van der Waals surface area contributed by atoms with Crippen LogP contribution in [0.1, 0.15) is 23.6 Å². The standard InChI is InChI=1S/C21H28N2O2/c1-2-25-21-9-7-17(8-10-21)13-22-14-20(24)16-23-12-11-18-5-3-4-6-19(18)15-23/h3-10,20,22,24H,2,11-16H2,1H3. The van der Waals surface area contributed by atoms with Gasteiger partial charge in [-0.3, -0.25) is 4.90 Å². The van der Waals surface area contributed by atoms with Gasteiger partial charge in [-0.25, -0.2) is 0 Å². The molecule has 4 heteroatoms. The molecule has 25 heavy (non-hydrogen) atoms. The highest BCUT2D eigenvalue weighted by Crippen LogP contribution is 2.18. The first-order valence-electron chi connectivity index (χ1n) is 9.14. The lowest BCUT2D eigenvalue weighted by Crippen LogP contribution is -2.40. The Morgan fingerprint density at radius 3 is 2.64 bits per heavy atom. The average Bonchev–Trinajstić information content (AvgIpc) is 2.63. The van der Waals surface area contributed by atoms with E-state index in [0.717, 1.165) is 31.8 Å². The minimum atomic E-state index is -0.354. The normalized spacial score (nSPS) is 15.6. The molecule has 1 unspecified atom stereocenters. The topological polar surface area (TPSA) is 44.7 Å². The Hall–Kier alpha value is -1.88. The zero-order chi connectivity index (χ0) is 17.5. The van der Waals surface area contributed by atoms with E-state index in [2.05, 4.69) is 46.6 Å². The van der Waals surface area contributed by atoms with E-state index in [-0.39, 0.29) is 6.10 Å². The SMILES string of the molecule is CCOc1ccc(CNCC(O)CN2CCc3ccccc3C2)cc1. The Morgan fingerprint density at radius 1 is 1.12 bits per heavy atom. The molecule has 1 atom stereocenters. The maximum Gasteiger partial charge on any atom is 0.119 e. The summed E-state index contributed by atoms with van der Waals surface area (Å²) >= 11 is 0. The van der Waals surface area contributed by atoms with Gasteiger partial charge in [0.25, 0.3) is 0 Å². The van der Waals surface area contributed by atoms with Crippen molar-refractivity contribution < 1.29 is 9.84 Å². The first-order chi connectivity index (χ1) is 12.2. The summed E-state index contributed by atoms with van der Waals surface area (Å²) < 4.78 is 5.45. The largest absolute Gasteiger partial charge is 0.494 e. The molecule has 0 fully saturated rings. The van der Waals surface area contributed by atoms with E-state index < -0.39 is 0 Å². The van der Waals surface area contributed by atoms with E-state index in [1.807, 2.05) is 19.1 Å². The lowest BCUT2D eigenvalue weighted by molar-refractivity contribution is 0.104. The molecule has 1 aliphatic heterocycles. The number of aliphatic hydroxyl groups is 1. The molecule has 0 aromatic heterocycles. The van der Waals surface area contributed by atoms with Gasteiger partial charge in [0.1, 0.15) is 5.75 Å². The average molecular weight is 340 g/mol. The van der Waals surface area contributed by atoms with Crippen LogP contribution in [0.25, 0.3) is 0 Å². The molecule has 4 nitrogen and oxygen atoms in total. The Balaban J connectivity index is 1.39. The molecule has 3 rings (SSSR count). The summed E-state index contributed by atoms with van der Waals surface area (Å²) in [4.78, 5) is 2.34. The number of benzene rings is 2. The highest BCUT2D eigenvalue weighted by atomic mass is 16.5. The van der Waals surface area contributed by atoms with E-state index in [1.54, 1.807) is 0 Å². The fraction of sp³-hybridized carbons (Fsp3) is 0.429. The van der Waals surface area contributed by atoms with E-state index in [9.17, 15) is 5.11 Å². The van der Waals surface area contributed by atoms with Crippen LogP contribution in [0.3, 0.4) is 0 Å². The highest BCUT2D eigenvalue weighted by molar-refractivity contribution is 5.29. The molecular weight excluding hydrogens is 312 g/mol. The smallest absolute Gasteiger partial charge is 0.119 e. The zero-order valence-electron chi connectivity index (χ0n) is 14.9. The number of fused-ring (bicyclic) bond motifs is 1. The van der Waals surface area contributed by atoms with Gasteiger partial charge in [-0.05, 0) is 42.2 Å². The number of hydrogen-bond donors (Lipinski definition) is 2. The Kier molecular flexibility index (Phi) is 6.45. The number of nitrogens with zero attached hydrogens (tertiary/aromatic N) is 1. The first kappa shape index (κ1) is 17.9. The zero-order valence-corrected chi connectivity index (χ0v) is 14.9. The second-order valence-electron chi connectivity index (χ2n) is 6.62. The summed E-state index contributed by atoms with van der Waals surface area (Å²) in [5.74, 6) is 0.900. The Bertz CT molecular complexity index is 657. The van der Waals surface area contributed by atoms with Gasteiger partial charge in [-0.1, -0.05) is 36.4 Å². The molecule has 1 heterocycles. The third-order valence-corrected chi connectivity index (χ3v) is 4.62. The lowest BCUT2D eigenvalue weighted by atomic mass is 10.00. The predicted molar refractivity (Wildman–Crippen MR) is 101 cm³/mol. The van der Waals surface area contributed by atoms with Crippen molar-refractivity contribution in [3.63, 3.8) is 0 Å². The highest BCUT2D eigenvalue weighted by Gasteiger charge is 2.18. The van der Waals surface area contributed by atoms with Crippen molar-refractivity contribution >= 4 is 0 Å². The summed E-state index contributed by atoms with van der Waals surface area (Å²) in [6.45, 7) is 6.70. The maximum atomic E-state index is 10.3. The van der Waals surface area contributed by atoms with Crippen molar-refractivity contribution in [3.8, 4) is 5.75 Å². The minimum Gasteiger partial charge on any atom is -0.494 e. The number of aliphatic hydroxyl groups excluding tert-OH is 1. The van der Waals surface area contributed by atoms with Crippen molar-refractivity contribution in [2.45, 2.75) is 32.5 Å². The molecule has 0 saturated carbocycles. The number of nitrogens with one attached hydrogen (secondary N) is 1. The van der Waals surface area contributed by atoms with Crippen LogP contribution in [-0.4, -0.2) is 42.4 Å². The lowest BCUT2D eigenvalue weighted by Gasteiger charge is -2.30. The van der Waals surface area contributed by atoms with Gasteiger partial charge in [-0.2, -0.15) is 0 Å². The van der Waals surface area contributed by atoms with Crippen molar-refractivity contribution in [3.05, 3.63) is 65.2 Å². The molecule has 0 aliphatic carbocycles. The van der Waals surface area contributed by atoms with E-state index in [4.69, 9.17) is 4.74 Å². The molecule has 0 spiro atoms.